The van der Waals surface area contributed by atoms with E-state index < -0.39 is 0 Å². The number of rotatable bonds is 5. The van der Waals surface area contributed by atoms with Crippen molar-refractivity contribution in [2.75, 3.05) is 30.0 Å². The maximum Gasteiger partial charge on any atom is 0.249 e. The number of benzene rings is 2. The molecule has 0 amide bonds. The van der Waals surface area contributed by atoms with Gasteiger partial charge in [-0.15, -0.1) is 5.10 Å². The third kappa shape index (κ3) is 3.37. The molecule has 0 aliphatic carbocycles. The van der Waals surface area contributed by atoms with Gasteiger partial charge in [-0.2, -0.15) is 10.1 Å². The first-order chi connectivity index (χ1) is 12.8. The largest absolute Gasteiger partial charge is 0.486 e. The average Bonchev–Trinajstić information content (AvgIpc) is 2.70. The Morgan fingerprint density at radius 1 is 1.04 bits per heavy atom. The van der Waals surface area contributed by atoms with Crippen LogP contribution in [0.2, 0.25) is 0 Å². The van der Waals surface area contributed by atoms with Crippen LogP contribution in [0.4, 0.5) is 23.1 Å². The van der Waals surface area contributed by atoms with E-state index in [1.165, 1.54) is 0 Å². The van der Waals surface area contributed by atoms with E-state index in [0.29, 0.717) is 24.9 Å². The molecular weight excluding hydrogens is 330 g/mol. The summed E-state index contributed by atoms with van der Waals surface area (Å²) in [5.41, 5.74) is 1.87. The van der Waals surface area contributed by atoms with Crippen LogP contribution in [0.5, 0.6) is 11.5 Å². The number of hydrogen-bond acceptors (Lipinski definition) is 7. The predicted octanol–water partition coefficient (Wildman–Crippen LogP) is 3.54. The first-order valence-corrected chi connectivity index (χ1v) is 8.52. The Balaban J connectivity index is 1.58. The highest BCUT2D eigenvalue weighted by Crippen LogP contribution is 2.33. The molecule has 0 radical (unpaired) electrons. The highest BCUT2D eigenvalue weighted by Gasteiger charge is 2.13. The summed E-state index contributed by atoms with van der Waals surface area (Å²) in [5.74, 6) is 2.61. The molecule has 0 spiro atoms. The Labute approximate surface area is 151 Å². The second kappa shape index (κ2) is 7.26. The zero-order valence-corrected chi connectivity index (χ0v) is 14.4. The van der Waals surface area contributed by atoms with Crippen LogP contribution >= 0.6 is 0 Å². The molecule has 1 N–H and O–H groups in total. The molecule has 7 heteroatoms. The Bertz CT molecular complexity index is 888. The average molecular weight is 349 g/mol. The van der Waals surface area contributed by atoms with Crippen LogP contribution in [-0.2, 0) is 0 Å². The lowest BCUT2D eigenvalue weighted by Crippen LogP contribution is -2.18. The summed E-state index contributed by atoms with van der Waals surface area (Å²) in [6.45, 7) is 3.96. The Kier molecular flexibility index (Phi) is 4.51. The lowest BCUT2D eigenvalue weighted by molar-refractivity contribution is 0.171. The summed E-state index contributed by atoms with van der Waals surface area (Å²) in [4.78, 5) is 6.67. The second-order valence-electron chi connectivity index (χ2n) is 5.70. The van der Waals surface area contributed by atoms with E-state index in [9.17, 15) is 0 Å². The SMILES string of the molecule is CCN(c1ccccc1)c1cnnc(Nc2ccc3c(c2)OCCO3)n1. The summed E-state index contributed by atoms with van der Waals surface area (Å²) >= 11 is 0. The van der Waals surface area contributed by atoms with E-state index in [-0.39, 0.29) is 0 Å². The minimum Gasteiger partial charge on any atom is -0.486 e. The summed E-state index contributed by atoms with van der Waals surface area (Å²) in [6, 6.07) is 15.7. The fourth-order valence-electron chi connectivity index (χ4n) is 2.81. The fraction of sp³-hybridized carbons (Fsp3) is 0.211. The van der Waals surface area contributed by atoms with Gasteiger partial charge in [0.1, 0.15) is 13.2 Å². The molecular formula is C19H19N5O2. The normalized spacial score (nSPS) is 12.5. The van der Waals surface area contributed by atoms with Crippen molar-refractivity contribution in [1.29, 1.82) is 0 Å². The number of para-hydroxylation sites is 1. The van der Waals surface area contributed by atoms with Gasteiger partial charge in [-0.25, -0.2) is 0 Å². The molecule has 0 unspecified atom stereocenters. The molecule has 7 nitrogen and oxygen atoms in total. The van der Waals surface area contributed by atoms with Gasteiger partial charge in [-0.3, -0.25) is 0 Å². The molecule has 1 aromatic heterocycles. The Hall–Kier alpha value is -3.35. The summed E-state index contributed by atoms with van der Waals surface area (Å²) in [7, 11) is 0. The summed E-state index contributed by atoms with van der Waals surface area (Å²) < 4.78 is 11.1. The number of hydrogen-bond donors (Lipinski definition) is 1. The number of fused-ring (bicyclic) bond motifs is 1. The standard InChI is InChI=1S/C19H19N5O2/c1-2-24(15-6-4-3-5-7-15)18-13-20-23-19(22-18)21-14-8-9-16-17(12-14)26-11-10-25-16/h3-9,12-13H,2,10-11H2,1H3,(H,21,22,23). The van der Waals surface area contributed by atoms with Crippen LogP contribution in [0.3, 0.4) is 0 Å². The predicted molar refractivity (Wildman–Crippen MR) is 99.7 cm³/mol. The van der Waals surface area contributed by atoms with Crippen molar-refractivity contribution >= 4 is 23.1 Å². The van der Waals surface area contributed by atoms with E-state index in [1.54, 1.807) is 6.20 Å². The second-order valence-corrected chi connectivity index (χ2v) is 5.70. The van der Waals surface area contributed by atoms with Crippen LogP contribution in [0.15, 0.2) is 54.7 Å². The van der Waals surface area contributed by atoms with E-state index in [1.807, 2.05) is 48.5 Å². The smallest absolute Gasteiger partial charge is 0.249 e. The van der Waals surface area contributed by atoms with Gasteiger partial charge in [0.15, 0.2) is 17.3 Å². The van der Waals surface area contributed by atoms with E-state index >= 15 is 0 Å². The van der Waals surface area contributed by atoms with Crippen LogP contribution < -0.4 is 19.7 Å². The number of nitrogens with one attached hydrogen (secondary N) is 1. The maximum absolute atomic E-state index is 5.61. The van der Waals surface area contributed by atoms with Crippen molar-refractivity contribution in [3.8, 4) is 11.5 Å². The first-order valence-electron chi connectivity index (χ1n) is 8.52. The minimum absolute atomic E-state index is 0.425. The highest BCUT2D eigenvalue weighted by molar-refractivity contribution is 5.63. The number of ether oxygens (including phenoxy) is 2. The summed E-state index contributed by atoms with van der Waals surface area (Å²) in [5, 5.41) is 11.4. The molecule has 0 atom stereocenters. The van der Waals surface area contributed by atoms with Crippen LogP contribution in [0.1, 0.15) is 6.92 Å². The molecule has 0 fully saturated rings. The van der Waals surface area contributed by atoms with Gasteiger partial charge in [0.2, 0.25) is 5.95 Å². The van der Waals surface area contributed by atoms with Crippen molar-refractivity contribution < 1.29 is 9.47 Å². The quantitative estimate of drug-likeness (QED) is 0.755. The Morgan fingerprint density at radius 3 is 2.65 bits per heavy atom. The van der Waals surface area contributed by atoms with Crippen LogP contribution in [0, 0.1) is 0 Å². The molecule has 1 aliphatic heterocycles. The van der Waals surface area contributed by atoms with Gasteiger partial charge in [0, 0.05) is 24.0 Å². The molecule has 4 rings (SSSR count). The zero-order valence-electron chi connectivity index (χ0n) is 14.4. The van der Waals surface area contributed by atoms with Gasteiger partial charge in [-0.1, -0.05) is 18.2 Å². The number of anilines is 4. The maximum atomic E-state index is 5.61. The molecule has 132 valence electrons. The number of nitrogens with zero attached hydrogens (tertiary/aromatic N) is 4. The van der Waals surface area contributed by atoms with Gasteiger partial charge in [0.05, 0.1) is 6.20 Å². The molecule has 1 aliphatic rings. The van der Waals surface area contributed by atoms with Crippen molar-refractivity contribution in [3.63, 3.8) is 0 Å². The van der Waals surface area contributed by atoms with E-state index in [4.69, 9.17) is 9.47 Å². The molecule has 0 bridgehead atoms. The molecule has 2 aromatic carbocycles. The van der Waals surface area contributed by atoms with Crippen LogP contribution in [-0.4, -0.2) is 34.9 Å². The van der Waals surface area contributed by atoms with Gasteiger partial charge < -0.3 is 19.7 Å². The van der Waals surface area contributed by atoms with E-state index in [0.717, 1.165) is 29.5 Å². The van der Waals surface area contributed by atoms with E-state index in [2.05, 4.69) is 32.3 Å². The van der Waals surface area contributed by atoms with Gasteiger partial charge >= 0.3 is 0 Å². The highest BCUT2D eigenvalue weighted by atomic mass is 16.6. The molecule has 0 saturated heterocycles. The lowest BCUT2D eigenvalue weighted by atomic mass is 10.2. The topological polar surface area (TPSA) is 72.4 Å². The van der Waals surface area contributed by atoms with Crippen LogP contribution in [0.25, 0.3) is 0 Å². The monoisotopic (exact) mass is 349 g/mol. The van der Waals surface area contributed by atoms with Gasteiger partial charge in [0.25, 0.3) is 0 Å². The first kappa shape index (κ1) is 16.1. The number of aromatic nitrogens is 3. The fourth-order valence-corrected chi connectivity index (χ4v) is 2.81. The third-order valence-electron chi connectivity index (χ3n) is 4.01. The van der Waals surface area contributed by atoms with Crippen molar-refractivity contribution in [1.82, 2.24) is 15.2 Å². The molecule has 3 aromatic rings. The van der Waals surface area contributed by atoms with Crippen molar-refractivity contribution in [3.05, 3.63) is 54.7 Å². The molecule has 2 heterocycles. The van der Waals surface area contributed by atoms with Crippen molar-refractivity contribution in [2.24, 2.45) is 0 Å². The lowest BCUT2D eigenvalue weighted by Gasteiger charge is -2.22. The van der Waals surface area contributed by atoms with Gasteiger partial charge in [-0.05, 0) is 31.2 Å². The van der Waals surface area contributed by atoms with Crippen molar-refractivity contribution in [2.45, 2.75) is 6.92 Å². The molecule has 26 heavy (non-hydrogen) atoms. The summed E-state index contributed by atoms with van der Waals surface area (Å²) in [6.07, 6.45) is 1.66. The Morgan fingerprint density at radius 2 is 1.85 bits per heavy atom. The zero-order chi connectivity index (χ0) is 17.8. The minimum atomic E-state index is 0.425. The molecule has 0 saturated carbocycles. The third-order valence-corrected chi connectivity index (χ3v) is 4.01.